The fourth-order valence-corrected chi connectivity index (χ4v) is 6.53. The van der Waals surface area contributed by atoms with E-state index in [-0.39, 0.29) is 5.41 Å². The Hall–Kier alpha value is -3.13. The summed E-state index contributed by atoms with van der Waals surface area (Å²) in [6, 6.07) is 33.4. The Bertz CT molecular complexity index is 1210. The molecule has 0 aliphatic heterocycles. The molecule has 1 heterocycles. The summed E-state index contributed by atoms with van der Waals surface area (Å²) in [5, 5.41) is 0. The topological polar surface area (TPSA) is 8.81 Å². The fraction of sp³-hybridized carbons (Fsp3) is 0.462. The molecule has 0 spiro atoms. The van der Waals surface area contributed by atoms with Crippen molar-refractivity contribution in [2.45, 2.75) is 115 Å². The molecule has 0 bridgehead atoms. The van der Waals surface area contributed by atoms with Gasteiger partial charge in [0, 0.05) is 5.41 Å². The third kappa shape index (κ3) is 9.45. The summed E-state index contributed by atoms with van der Waals surface area (Å²) in [6.45, 7) is 4.79. The predicted octanol–water partition coefficient (Wildman–Crippen LogP) is 10.6. The number of unbranched alkanes of at least 4 members (excludes halogenated alkanes) is 11. The van der Waals surface area contributed by atoms with Gasteiger partial charge in [-0.15, -0.1) is 0 Å². The molecule has 2 unspecified atom stereocenters. The van der Waals surface area contributed by atoms with E-state index >= 15 is 0 Å². The zero-order chi connectivity index (χ0) is 28.6. The van der Waals surface area contributed by atoms with Crippen LogP contribution in [0.5, 0.6) is 0 Å². The van der Waals surface area contributed by atoms with Crippen LogP contribution >= 0.6 is 0 Å². The first-order valence-corrected chi connectivity index (χ1v) is 16.4. The molecule has 4 rings (SSSR count). The van der Waals surface area contributed by atoms with Crippen LogP contribution in [0, 0.1) is 0 Å². The van der Waals surface area contributed by atoms with Crippen LogP contribution in [0.25, 0.3) is 5.69 Å². The molecule has 0 saturated carbocycles. The van der Waals surface area contributed by atoms with E-state index in [1.807, 2.05) is 0 Å². The van der Waals surface area contributed by atoms with Crippen molar-refractivity contribution in [3.63, 3.8) is 0 Å². The zero-order valence-electron chi connectivity index (χ0n) is 25.8. The summed E-state index contributed by atoms with van der Waals surface area (Å²) >= 11 is 0. The lowest BCUT2D eigenvalue weighted by Crippen LogP contribution is -2.50. The number of hydrogen-bond donors (Lipinski definition) is 0. The first-order valence-electron chi connectivity index (χ1n) is 16.4. The van der Waals surface area contributed by atoms with E-state index in [1.165, 1.54) is 100 Å². The van der Waals surface area contributed by atoms with Crippen LogP contribution in [0.15, 0.2) is 110 Å². The van der Waals surface area contributed by atoms with Gasteiger partial charge in [0.15, 0.2) is 0 Å². The van der Waals surface area contributed by atoms with Crippen molar-refractivity contribution >= 4 is 0 Å². The average molecular weight is 550 g/mol. The Morgan fingerprint density at radius 1 is 0.634 bits per heavy atom. The number of para-hydroxylation sites is 1. The van der Waals surface area contributed by atoms with Gasteiger partial charge in [-0.25, -0.2) is 9.13 Å². The van der Waals surface area contributed by atoms with Gasteiger partial charge >= 0.3 is 0 Å². The molecule has 0 radical (unpaired) electrons. The highest BCUT2D eigenvalue weighted by Gasteiger charge is 2.40. The summed E-state index contributed by atoms with van der Waals surface area (Å²) in [5.74, 6) is 0. The highest BCUT2D eigenvalue weighted by atomic mass is 15.1. The molecule has 1 aromatic heterocycles. The Balaban J connectivity index is 1.45. The van der Waals surface area contributed by atoms with Gasteiger partial charge in [-0.05, 0) is 42.5 Å². The van der Waals surface area contributed by atoms with E-state index in [9.17, 15) is 0 Å². The number of aromatic nitrogens is 2. The Morgan fingerprint density at radius 3 is 1.73 bits per heavy atom. The maximum absolute atomic E-state index is 2.50. The summed E-state index contributed by atoms with van der Waals surface area (Å²) < 4.78 is 4.77. The van der Waals surface area contributed by atoms with Gasteiger partial charge in [-0.2, -0.15) is 0 Å². The molecule has 2 atom stereocenters. The number of benzene rings is 3. The maximum atomic E-state index is 2.50. The van der Waals surface area contributed by atoms with Gasteiger partial charge in [0.1, 0.15) is 24.1 Å². The Kier molecular flexibility index (Phi) is 12.8. The molecule has 0 amide bonds. The van der Waals surface area contributed by atoms with Crippen molar-refractivity contribution in [2.75, 3.05) is 0 Å². The molecule has 41 heavy (non-hydrogen) atoms. The molecule has 218 valence electrons. The van der Waals surface area contributed by atoms with Crippen LogP contribution in [0.3, 0.4) is 0 Å². The van der Waals surface area contributed by atoms with Crippen molar-refractivity contribution in [3.05, 3.63) is 121 Å². The molecule has 0 aliphatic rings. The SMILES string of the molecule is CCCCCCCCCCCCCCC([n+]1ccn(-c2ccccc2)c1)C(C)(Cc1ccccc1)c1ccccc1. The normalized spacial score (nSPS) is 13.6. The van der Waals surface area contributed by atoms with Crippen molar-refractivity contribution in [3.8, 4) is 5.69 Å². The number of hydrogen-bond acceptors (Lipinski definition) is 0. The first kappa shape index (κ1) is 30.8. The van der Waals surface area contributed by atoms with Crippen LogP contribution in [-0.2, 0) is 11.8 Å². The Morgan fingerprint density at radius 2 is 1.15 bits per heavy atom. The predicted molar refractivity (Wildman–Crippen MR) is 175 cm³/mol. The quantitative estimate of drug-likeness (QED) is 0.0812. The van der Waals surface area contributed by atoms with E-state index in [0.717, 1.165) is 6.42 Å². The zero-order valence-corrected chi connectivity index (χ0v) is 25.8. The average Bonchev–Trinajstić information content (AvgIpc) is 3.51. The van der Waals surface area contributed by atoms with Crippen molar-refractivity contribution in [2.24, 2.45) is 0 Å². The minimum Gasteiger partial charge on any atom is -0.233 e. The first-order chi connectivity index (χ1) is 20.2. The second-order valence-corrected chi connectivity index (χ2v) is 12.2. The van der Waals surface area contributed by atoms with Crippen LogP contribution in [0.1, 0.15) is 114 Å². The van der Waals surface area contributed by atoms with Crippen LogP contribution in [0.4, 0.5) is 0 Å². The summed E-state index contributed by atoms with van der Waals surface area (Å²) in [6.07, 6.45) is 25.7. The third-order valence-electron chi connectivity index (χ3n) is 8.99. The van der Waals surface area contributed by atoms with E-state index in [4.69, 9.17) is 0 Å². The van der Waals surface area contributed by atoms with E-state index < -0.39 is 0 Å². The molecular formula is C39H53N2+. The van der Waals surface area contributed by atoms with Gasteiger partial charge in [-0.1, -0.05) is 163 Å². The highest BCUT2D eigenvalue weighted by molar-refractivity contribution is 5.31. The lowest BCUT2D eigenvalue weighted by atomic mass is 9.70. The minimum atomic E-state index is -0.0338. The molecular weight excluding hydrogens is 496 g/mol. The fourth-order valence-electron chi connectivity index (χ4n) is 6.53. The molecule has 2 nitrogen and oxygen atoms in total. The van der Waals surface area contributed by atoms with Crippen LogP contribution < -0.4 is 4.57 Å². The van der Waals surface area contributed by atoms with Crippen LogP contribution in [-0.4, -0.2) is 4.57 Å². The van der Waals surface area contributed by atoms with Crippen molar-refractivity contribution < 1.29 is 4.57 Å². The summed E-state index contributed by atoms with van der Waals surface area (Å²) in [4.78, 5) is 0. The van der Waals surface area contributed by atoms with Crippen molar-refractivity contribution in [1.29, 1.82) is 0 Å². The second kappa shape index (κ2) is 17.0. The molecule has 0 fully saturated rings. The molecule has 3 aromatic carbocycles. The second-order valence-electron chi connectivity index (χ2n) is 12.2. The standard InChI is InChI=1S/C39H53N2/c1-3-4-5-6-7-8-9-10-11-12-13-23-30-38(41-32-31-40(34-41)37-28-21-16-22-29-37)39(2,36-26-19-15-20-27-36)33-35-24-17-14-18-25-35/h14-22,24-29,31-32,34,38H,3-13,23,30,33H2,1-2H3/q+1. The number of rotatable bonds is 19. The van der Waals surface area contributed by atoms with Gasteiger partial charge in [0.05, 0.1) is 0 Å². The molecule has 0 aliphatic carbocycles. The largest absolute Gasteiger partial charge is 0.249 e. The summed E-state index contributed by atoms with van der Waals surface area (Å²) in [5.41, 5.74) is 4.00. The van der Waals surface area contributed by atoms with Gasteiger partial charge < -0.3 is 0 Å². The van der Waals surface area contributed by atoms with Crippen LogP contribution in [0.2, 0.25) is 0 Å². The molecule has 2 heteroatoms. The van der Waals surface area contributed by atoms with Crippen molar-refractivity contribution in [1.82, 2.24) is 4.57 Å². The monoisotopic (exact) mass is 549 g/mol. The number of nitrogens with zero attached hydrogens (tertiary/aromatic N) is 2. The third-order valence-corrected chi connectivity index (χ3v) is 8.99. The van der Waals surface area contributed by atoms with E-state index in [0.29, 0.717) is 6.04 Å². The van der Waals surface area contributed by atoms with Gasteiger partial charge in [0.25, 0.3) is 0 Å². The van der Waals surface area contributed by atoms with E-state index in [2.05, 4.69) is 133 Å². The smallest absolute Gasteiger partial charge is 0.233 e. The molecule has 0 N–H and O–H groups in total. The number of imidazole rings is 1. The molecule has 4 aromatic rings. The Labute approximate surface area is 250 Å². The van der Waals surface area contributed by atoms with Gasteiger partial charge in [0.2, 0.25) is 6.33 Å². The maximum Gasteiger partial charge on any atom is 0.249 e. The van der Waals surface area contributed by atoms with Gasteiger partial charge in [-0.3, -0.25) is 0 Å². The summed E-state index contributed by atoms with van der Waals surface area (Å²) in [7, 11) is 0. The lowest BCUT2D eigenvalue weighted by Gasteiger charge is -2.37. The van der Waals surface area contributed by atoms with E-state index in [1.54, 1.807) is 0 Å². The lowest BCUT2D eigenvalue weighted by molar-refractivity contribution is -0.732. The molecule has 0 saturated heterocycles. The highest BCUT2D eigenvalue weighted by Crippen LogP contribution is 2.39. The minimum absolute atomic E-state index is 0.0338.